The molecule has 1 aliphatic rings. The lowest BCUT2D eigenvalue weighted by atomic mass is 9.92. The Morgan fingerprint density at radius 3 is 2.25 bits per heavy atom. The van der Waals surface area contributed by atoms with Crippen molar-refractivity contribution < 1.29 is 4.48 Å². The highest BCUT2D eigenvalue weighted by atomic mass is 15.4. The fourth-order valence-corrected chi connectivity index (χ4v) is 2.54. The molecule has 0 aromatic rings. The minimum Gasteiger partial charge on any atom is -0.320 e. The Balaban J connectivity index is 2.81. The Kier molecular flexibility index (Phi) is 4.15. The van der Waals surface area contributed by atoms with Gasteiger partial charge in [0.25, 0.3) is 0 Å². The van der Waals surface area contributed by atoms with Gasteiger partial charge in [0, 0.05) is 19.3 Å². The van der Waals surface area contributed by atoms with Gasteiger partial charge in [0.15, 0.2) is 0 Å². The van der Waals surface area contributed by atoms with Crippen LogP contribution in [0.15, 0.2) is 36.5 Å². The Bertz CT molecular complexity index is 309. The van der Waals surface area contributed by atoms with Crippen LogP contribution in [0, 0.1) is 0 Å². The number of hydrogen-bond donors (Lipinski definition) is 0. The summed E-state index contributed by atoms with van der Waals surface area (Å²) < 4.78 is 1.07. The maximum Gasteiger partial charge on any atom is 0.111 e. The van der Waals surface area contributed by atoms with Gasteiger partial charge >= 0.3 is 0 Å². The lowest BCUT2D eigenvalue weighted by Crippen LogP contribution is -2.56. The summed E-state index contributed by atoms with van der Waals surface area (Å²) in [6.45, 7) is 12.3. The summed E-state index contributed by atoms with van der Waals surface area (Å²) in [5.74, 6) is 0. The molecule has 0 N–H and O–H groups in total. The SMILES string of the molecule is C=C(C)C[C@H]1CC=C[C@H](CC(=C)C)[N+]1(C)C. The molecule has 0 saturated heterocycles. The minimum absolute atomic E-state index is 0.579. The van der Waals surface area contributed by atoms with Crippen LogP contribution in [0.4, 0.5) is 0 Å². The molecule has 0 saturated carbocycles. The molecule has 16 heavy (non-hydrogen) atoms. The number of hydrogen-bond acceptors (Lipinski definition) is 0. The van der Waals surface area contributed by atoms with Gasteiger partial charge in [-0.1, -0.05) is 30.4 Å². The van der Waals surface area contributed by atoms with Gasteiger partial charge in [0.1, 0.15) is 6.04 Å². The van der Waals surface area contributed by atoms with Crippen LogP contribution in [-0.2, 0) is 0 Å². The molecule has 1 rings (SSSR count). The summed E-state index contributed by atoms with van der Waals surface area (Å²) in [7, 11) is 4.68. The molecule has 0 aliphatic carbocycles. The van der Waals surface area contributed by atoms with E-state index < -0.39 is 0 Å². The molecule has 1 heteroatoms. The minimum atomic E-state index is 0.579. The van der Waals surface area contributed by atoms with E-state index in [9.17, 15) is 0 Å². The van der Waals surface area contributed by atoms with Crippen molar-refractivity contribution >= 4 is 0 Å². The van der Waals surface area contributed by atoms with Crippen molar-refractivity contribution in [3.05, 3.63) is 36.5 Å². The molecule has 1 heterocycles. The van der Waals surface area contributed by atoms with Crippen LogP contribution in [-0.4, -0.2) is 30.7 Å². The molecule has 0 bridgehead atoms. The van der Waals surface area contributed by atoms with Gasteiger partial charge in [-0.05, 0) is 19.9 Å². The molecule has 1 nitrogen and oxygen atoms in total. The monoisotopic (exact) mass is 220 g/mol. The van der Waals surface area contributed by atoms with Gasteiger partial charge in [-0.25, -0.2) is 0 Å². The first-order chi connectivity index (χ1) is 7.34. The smallest absolute Gasteiger partial charge is 0.111 e. The molecule has 0 fully saturated rings. The Labute approximate surface area is 101 Å². The first-order valence-corrected chi connectivity index (χ1v) is 6.12. The van der Waals surface area contributed by atoms with Gasteiger partial charge in [0.05, 0.1) is 20.1 Å². The summed E-state index contributed by atoms with van der Waals surface area (Å²) in [6.07, 6.45) is 8.10. The fourth-order valence-electron chi connectivity index (χ4n) is 2.54. The third-order valence-electron chi connectivity index (χ3n) is 3.70. The van der Waals surface area contributed by atoms with Crippen LogP contribution < -0.4 is 0 Å². The molecule has 1 aliphatic heterocycles. The van der Waals surface area contributed by atoms with Crippen molar-refractivity contribution in [3.8, 4) is 0 Å². The third-order valence-corrected chi connectivity index (χ3v) is 3.70. The van der Waals surface area contributed by atoms with Gasteiger partial charge < -0.3 is 4.48 Å². The van der Waals surface area contributed by atoms with Gasteiger partial charge in [-0.2, -0.15) is 0 Å². The number of rotatable bonds is 4. The van der Waals surface area contributed by atoms with Crippen LogP contribution in [0.25, 0.3) is 0 Å². The largest absolute Gasteiger partial charge is 0.320 e. The second-order valence-corrected chi connectivity index (χ2v) is 5.84. The quantitative estimate of drug-likeness (QED) is 0.501. The van der Waals surface area contributed by atoms with Crippen LogP contribution in [0.1, 0.15) is 33.1 Å². The average Bonchev–Trinajstić information content (AvgIpc) is 2.11. The van der Waals surface area contributed by atoms with Crippen LogP contribution in [0.5, 0.6) is 0 Å². The highest BCUT2D eigenvalue weighted by Crippen LogP contribution is 2.29. The number of nitrogens with zero attached hydrogens (tertiary/aromatic N) is 1. The third kappa shape index (κ3) is 3.08. The van der Waals surface area contributed by atoms with E-state index in [1.54, 1.807) is 0 Å². The zero-order chi connectivity index (χ0) is 12.3. The number of likely N-dealkylation sites (N-methyl/N-ethyl adjacent to an activating group) is 1. The van der Waals surface area contributed by atoms with Crippen molar-refractivity contribution in [1.82, 2.24) is 0 Å². The van der Waals surface area contributed by atoms with Crippen molar-refractivity contribution in [3.63, 3.8) is 0 Å². The lowest BCUT2D eigenvalue weighted by molar-refractivity contribution is -0.933. The summed E-state index contributed by atoms with van der Waals surface area (Å²) in [6, 6.07) is 1.25. The van der Waals surface area contributed by atoms with Gasteiger partial charge in [-0.15, -0.1) is 0 Å². The Hall–Kier alpha value is -0.820. The average molecular weight is 220 g/mol. The summed E-state index contributed by atoms with van der Waals surface area (Å²) in [4.78, 5) is 0. The highest BCUT2D eigenvalue weighted by molar-refractivity contribution is 5.05. The predicted octanol–water partition coefficient (Wildman–Crippen LogP) is 3.69. The lowest BCUT2D eigenvalue weighted by Gasteiger charge is -2.45. The molecular formula is C15H26N+. The number of quaternary nitrogens is 1. The zero-order valence-corrected chi connectivity index (χ0v) is 11.3. The van der Waals surface area contributed by atoms with Gasteiger partial charge in [-0.3, -0.25) is 0 Å². The fraction of sp³-hybridized carbons (Fsp3) is 0.600. The van der Waals surface area contributed by atoms with E-state index in [1.165, 1.54) is 17.6 Å². The van der Waals surface area contributed by atoms with E-state index in [2.05, 4.69) is 53.3 Å². The normalized spacial score (nSPS) is 27.8. The van der Waals surface area contributed by atoms with E-state index in [-0.39, 0.29) is 0 Å². The molecule has 90 valence electrons. The summed E-state index contributed by atoms with van der Waals surface area (Å²) >= 11 is 0. The van der Waals surface area contributed by atoms with E-state index in [0.717, 1.165) is 17.3 Å². The van der Waals surface area contributed by atoms with E-state index >= 15 is 0 Å². The second-order valence-electron chi connectivity index (χ2n) is 5.84. The molecular weight excluding hydrogens is 194 g/mol. The Morgan fingerprint density at radius 1 is 1.19 bits per heavy atom. The van der Waals surface area contributed by atoms with E-state index in [4.69, 9.17) is 0 Å². The van der Waals surface area contributed by atoms with E-state index in [0.29, 0.717) is 12.1 Å². The first-order valence-electron chi connectivity index (χ1n) is 6.12. The zero-order valence-electron chi connectivity index (χ0n) is 11.3. The van der Waals surface area contributed by atoms with E-state index in [1.807, 2.05) is 0 Å². The maximum absolute atomic E-state index is 4.05. The van der Waals surface area contributed by atoms with Crippen molar-refractivity contribution in [2.24, 2.45) is 0 Å². The standard InChI is InChI=1S/C15H26N/c1-12(2)10-14-8-7-9-15(11-13(3)4)16(14,5)6/h7-8,14-15H,1,3,9-11H2,2,4-6H3/q+1/t14-,15-/m1/s1. The second kappa shape index (κ2) is 5.01. The highest BCUT2D eigenvalue weighted by Gasteiger charge is 2.36. The summed E-state index contributed by atoms with van der Waals surface area (Å²) in [5.41, 5.74) is 2.57. The van der Waals surface area contributed by atoms with Crippen molar-refractivity contribution in [2.75, 3.05) is 14.1 Å². The Morgan fingerprint density at radius 2 is 1.75 bits per heavy atom. The molecule has 0 unspecified atom stereocenters. The summed E-state index contributed by atoms with van der Waals surface area (Å²) in [5, 5.41) is 0. The molecule has 0 amide bonds. The molecule has 0 radical (unpaired) electrons. The van der Waals surface area contributed by atoms with Crippen LogP contribution in [0.3, 0.4) is 0 Å². The topological polar surface area (TPSA) is 0 Å². The molecule has 0 spiro atoms. The predicted molar refractivity (Wildman–Crippen MR) is 72.3 cm³/mol. The van der Waals surface area contributed by atoms with Crippen LogP contribution in [0.2, 0.25) is 0 Å². The molecule has 2 atom stereocenters. The first kappa shape index (κ1) is 13.2. The maximum atomic E-state index is 4.05. The van der Waals surface area contributed by atoms with Crippen molar-refractivity contribution in [1.29, 1.82) is 0 Å². The molecule has 0 aromatic carbocycles. The van der Waals surface area contributed by atoms with Crippen molar-refractivity contribution in [2.45, 2.75) is 45.2 Å². The molecule has 0 aromatic heterocycles. The van der Waals surface area contributed by atoms with Gasteiger partial charge in [0.2, 0.25) is 0 Å². The van der Waals surface area contributed by atoms with Crippen LogP contribution >= 0.6 is 0 Å².